The van der Waals surface area contributed by atoms with Crippen LogP contribution in [0.4, 0.5) is 0 Å². The van der Waals surface area contributed by atoms with Crippen LogP contribution in [0.2, 0.25) is 0 Å². The third-order valence-electron chi connectivity index (χ3n) is 5.06. The summed E-state index contributed by atoms with van der Waals surface area (Å²) in [6.45, 7) is 4.01. The Bertz CT molecular complexity index is 1230. The highest BCUT2D eigenvalue weighted by Crippen LogP contribution is 2.26. The van der Waals surface area contributed by atoms with E-state index in [0.29, 0.717) is 23.3 Å². The molecule has 4 rings (SSSR count). The van der Waals surface area contributed by atoms with Crippen molar-refractivity contribution in [2.45, 2.75) is 31.6 Å². The topological polar surface area (TPSA) is 52.0 Å². The summed E-state index contributed by atoms with van der Waals surface area (Å²) in [5.41, 5.74) is 4.65. The van der Waals surface area contributed by atoms with E-state index in [1.807, 2.05) is 62.4 Å². The SMILES string of the molecule is Cc1cc2nc(CCc3ccccc3)n(S(=O)(=O)c3ccccc3)c2cc1C. The van der Waals surface area contributed by atoms with Crippen molar-refractivity contribution in [3.8, 4) is 0 Å². The number of imidazole rings is 1. The first-order chi connectivity index (χ1) is 13.5. The van der Waals surface area contributed by atoms with Crippen LogP contribution in [-0.2, 0) is 22.9 Å². The molecule has 0 amide bonds. The van der Waals surface area contributed by atoms with Crippen molar-refractivity contribution >= 4 is 21.1 Å². The van der Waals surface area contributed by atoms with Crippen molar-refractivity contribution in [1.82, 2.24) is 8.96 Å². The maximum atomic E-state index is 13.5. The average Bonchev–Trinajstić information content (AvgIpc) is 3.06. The Morgan fingerprint density at radius 2 is 1.43 bits per heavy atom. The molecule has 142 valence electrons. The minimum Gasteiger partial charge on any atom is -0.232 e. The second-order valence-electron chi connectivity index (χ2n) is 7.02. The van der Waals surface area contributed by atoms with Crippen molar-refractivity contribution in [3.05, 3.63) is 95.3 Å². The van der Waals surface area contributed by atoms with E-state index < -0.39 is 10.0 Å². The lowest BCUT2D eigenvalue weighted by molar-refractivity contribution is 0.585. The molecular weight excluding hydrogens is 368 g/mol. The summed E-state index contributed by atoms with van der Waals surface area (Å²) in [7, 11) is -3.73. The zero-order chi connectivity index (χ0) is 19.7. The highest BCUT2D eigenvalue weighted by molar-refractivity contribution is 7.90. The van der Waals surface area contributed by atoms with Gasteiger partial charge in [-0.3, -0.25) is 0 Å². The van der Waals surface area contributed by atoms with Crippen molar-refractivity contribution in [2.24, 2.45) is 0 Å². The molecule has 5 heteroatoms. The largest absolute Gasteiger partial charge is 0.269 e. The van der Waals surface area contributed by atoms with Crippen molar-refractivity contribution in [3.63, 3.8) is 0 Å². The molecule has 0 aliphatic carbocycles. The van der Waals surface area contributed by atoms with Gasteiger partial charge in [-0.2, -0.15) is 0 Å². The van der Waals surface area contributed by atoms with E-state index >= 15 is 0 Å². The summed E-state index contributed by atoms with van der Waals surface area (Å²) >= 11 is 0. The number of fused-ring (bicyclic) bond motifs is 1. The summed E-state index contributed by atoms with van der Waals surface area (Å²) in [6, 6.07) is 22.5. The molecule has 0 saturated carbocycles. The zero-order valence-electron chi connectivity index (χ0n) is 16.0. The third kappa shape index (κ3) is 3.34. The van der Waals surface area contributed by atoms with Crippen LogP contribution in [0.5, 0.6) is 0 Å². The normalized spacial score (nSPS) is 11.8. The van der Waals surface area contributed by atoms with Gasteiger partial charge >= 0.3 is 0 Å². The van der Waals surface area contributed by atoms with Gasteiger partial charge < -0.3 is 0 Å². The van der Waals surface area contributed by atoms with Gasteiger partial charge in [0, 0.05) is 6.42 Å². The van der Waals surface area contributed by atoms with Gasteiger partial charge in [0.05, 0.1) is 15.9 Å². The molecule has 0 N–H and O–H groups in total. The van der Waals surface area contributed by atoms with E-state index in [1.54, 1.807) is 24.3 Å². The smallest absolute Gasteiger partial charge is 0.232 e. The quantitative estimate of drug-likeness (QED) is 0.497. The molecule has 0 radical (unpaired) electrons. The molecule has 1 heterocycles. The summed E-state index contributed by atoms with van der Waals surface area (Å²) in [6.07, 6.45) is 1.27. The molecule has 0 saturated heterocycles. The summed E-state index contributed by atoms with van der Waals surface area (Å²) in [4.78, 5) is 4.98. The van der Waals surface area contributed by atoms with E-state index in [1.165, 1.54) is 3.97 Å². The highest BCUT2D eigenvalue weighted by atomic mass is 32.2. The Balaban J connectivity index is 1.88. The Labute approximate surface area is 165 Å². The van der Waals surface area contributed by atoms with Crippen LogP contribution in [0.1, 0.15) is 22.5 Å². The first kappa shape index (κ1) is 18.4. The monoisotopic (exact) mass is 390 g/mol. The maximum Gasteiger partial charge on any atom is 0.269 e. The Morgan fingerprint density at radius 3 is 2.11 bits per heavy atom. The Morgan fingerprint density at radius 1 is 0.821 bits per heavy atom. The molecule has 0 fully saturated rings. The fraction of sp³-hybridized carbons (Fsp3) is 0.174. The van der Waals surface area contributed by atoms with Crippen molar-refractivity contribution < 1.29 is 8.42 Å². The molecule has 0 spiro atoms. The van der Waals surface area contributed by atoms with E-state index in [-0.39, 0.29) is 4.90 Å². The molecule has 0 atom stereocenters. The molecular formula is C23H22N2O2S. The highest BCUT2D eigenvalue weighted by Gasteiger charge is 2.24. The fourth-order valence-electron chi connectivity index (χ4n) is 3.39. The number of aromatic nitrogens is 2. The molecule has 3 aromatic carbocycles. The van der Waals surface area contributed by atoms with Gasteiger partial charge in [0.1, 0.15) is 5.82 Å². The van der Waals surface area contributed by atoms with E-state index in [0.717, 1.165) is 23.1 Å². The van der Waals surface area contributed by atoms with Gasteiger partial charge in [0.15, 0.2) is 0 Å². The van der Waals surface area contributed by atoms with Crippen LogP contribution < -0.4 is 0 Å². The van der Waals surface area contributed by atoms with Crippen LogP contribution in [-0.4, -0.2) is 17.4 Å². The predicted octanol–water partition coefficient (Wildman–Crippen LogP) is 4.68. The lowest BCUT2D eigenvalue weighted by Crippen LogP contribution is -2.16. The zero-order valence-corrected chi connectivity index (χ0v) is 16.8. The summed E-state index contributed by atoms with van der Waals surface area (Å²) < 4.78 is 28.3. The molecule has 0 bridgehead atoms. The Hall–Kier alpha value is -2.92. The number of aryl methyl sites for hydroxylation is 4. The van der Waals surface area contributed by atoms with Crippen molar-refractivity contribution in [1.29, 1.82) is 0 Å². The molecule has 4 aromatic rings. The minimum atomic E-state index is -3.73. The van der Waals surface area contributed by atoms with Crippen molar-refractivity contribution in [2.75, 3.05) is 0 Å². The van der Waals surface area contributed by atoms with Crippen LogP contribution in [0, 0.1) is 13.8 Å². The van der Waals surface area contributed by atoms with Gasteiger partial charge in [-0.05, 0) is 61.2 Å². The van der Waals surface area contributed by atoms with Gasteiger partial charge in [0.25, 0.3) is 10.0 Å². The molecule has 0 aliphatic rings. The van der Waals surface area contributed by atoms with Crippen LogP contribution >= 0.6 is 0 Å². The third-order valence-corrected chi connectivity index (χ3v) is 6.81. The fourth-order valence-corrected chi connectivity index (χ4v) is 4.91. The predicted molar refractivity (Wildman–Crippen MR) is 112 cm³/mol. The second kappa shape index (κ2) is 7.24. The van der Waals surface area contributed by atoms with Gasteiger partial charge in [0.2, 0.25) is 0 Å². The van der Waals surface area contributed by atoms with E-state index in [4.69, 9.17) is 4.98 Å². The lowest BCUT2D eigenvalue weighted by Gasteiger charge is -2.11. The molecule has 28 heavy (non-hydrogen) atoms. The lowest BCUT2D eigenvalue weighted by atomic mass is 10.1. The van der Waals surface area contributed by atoms with Gasteiger partial charge in [-0.25, -0.2) is 17.4 Å². The summed E-state index contributed by atoms with van der Waals surface area (Å²) in [5.74, 6) is 0.563. The first-order valence-corrected chi connectivity index (χ1v) is 10.7. The van der Waals surface area contributed by atoms with E-state index in [2.05, 4.69) is 0 Å². The van der Waals surface area contributed by atoms with Crippen LogP contribution in [0.15, 0.2) is 77.7 Å². The van der Waals surface area contributed by atoms with Gasteiger partial charge in [-0.15, -0.1) is 0 Å². The van der Waals surface area contributed by atoms with Gasteiger partial charge in [-0.1, -0.05) is 48.5 Å². The minimum absolute atomic E-state index is 0.272. The molecule has 0 unspecified atom stereocenters. The Kier molecular flexibility index (Phi) is 4.77. The molecule has 0 aliphatic heterocycles. The van der Waals surface area contributed by atoms with E-state index in [9.17, 15) is 8.42 Å². The maximum absolute atomic E-state index is 13.5. The number of benzene rings is 3. The standard InChI is InChI=1S/C23H22N2O2S/c1-17-15-21-22(16-18(17)2)25(28(26,27)20-11-7-4-8-12-20)23(24-21)14-13-19-9-5-3-6-10-19/h3-12,15-16H,13-14H2,1-2H3. The molecule has 1 aromatic heterocycles. The number of hydrogen-bond donors (Lipinski definition) is 0. The second-order valence-corrected chi connectivity index (χ2v) is 8.81. The van der Waals surface area contributed by atoms with Crippen LogP contribution in [0.25, 0.3) is 11.0 Å². The number of rotatable bonds is 5. The summed E-state index contributed by atoms with van der Waals surface area (Å²) in [5, 5.41) is 0. The number of nitrogens with zero attached hydrogens (tertiary/aromatic N) is 2. The van der Waals surface area contributed by atoms with Crippen LogP contribution in [0.3, 0.4) is 0 Å². The number of hydrogen-bond acceptors (Lipinski definition) is 3. The average molecular weight is 391 g/mol. The first-order valence-electron chi connectivity index (χ1n) is 9.30. The molecule has 4 nitrogen and oxygen atoms in total.